The highest BCUT2D eigenvalue weighted by atomic mass is 79.9. The normalized spacial score (nSPS) is 10.3. The first kappa shape index (κ1) is 23.9. The van der Waals surface area contributed by atoms with E-state index in [4.69, 9.17) is 5.73 Å². The van der Waals surface area contributed by atoms with Crippen molar-refractivity contribution >= 4 is 44.2 Å². The second-order valence-electron chi connectivity index (χ2n) is 7.56. The van der Waals surface area contributed by atoms with E-state index >= 15 is 0 Å². The fourth-order valence-corrected chi connectivity index (χ4v) is 3.57. The molecule has 176 valence electrons. The number of para-hydroxylation sites is 2. The predicted molar refractivity (Wildman–Crippen MR) is 144 cm³/mol. The molecule has 2 aromatic carbocycles. The van der Waals surface area contributed by atoms with Crippen molar-refractivity contribution in [2.75, 3.05) is 11.1 Å². The number of hydrogen-bond acceptors (Lipinski definition) is 6. The average Bonchev–Trinajstić information content (AvgIpc) is 3.44. The standard InChI is InChI=1S/C13H12N4.C7H6BrN3.C6H7N/c1-10-14-9-12-7-8-13(17(12)16-10)15-11-5-3-2-4-6-11;1-5-9-4-6-2-3-7(8)11(6)10-5;7-6-4-2-1-3-5-6/h2-9,15H,1H3;2-4H,1H3;1-5H,7H2. The molecule has 0 aliphatic heterocycles. The molecule has 4 aromatic heterocycles. The van der Waals surface area contributed by atoms with Gasteiger partial charge in [-0.05, 0) is 78.3 Å². The zero-order valence-electron chi connectivity index (χ0n) is 19.4. The molecule has 3 N–H and O–H groups in total. The van der Waals surface area contributed by atoms with E-state index in [0.29, 0.717) is 0 Å². The number of aromatic nitrogens is 6. The van der Waals surface area contributed by atoms with Crippen LogP contribution < -0.4 is 11.1 Å². The van der Waals surface area contributed by atoms with Crippen LogP contribution in [0, 0.1) is 13.8 Å². The predicted octanol–water partition coefficient (Wildman–Crippen LogP) is 5.85. The Morgan fingerprint density at radius 1 is 0.686 bits per heavy atom. The first-order valence-electron chi connectivity index (χ1n) is 10.9. The number of fused-ring (bicyclic) bond motifs is 2. The van der Waals surface area contributed by atoms with Crippen molar-refractivity contribution in [3.8, 4) is 0 Å². The van der Waals surface area contributed by atoms with Crippen molar-refractivity contribution < 1.29 is 0 Å². The Balaban J connectivity index is 0.000000137. The monoisotopic (exact) mass is 528 g/mol. The van der Waals surface area contributed by atoms with Crippen LogP contribution in [0.15, 0.2) is 102 Å². The van der Waals surface area contributed by atoms with Gasteiger partial charge in [0.05, 0.1) is 23.4 Å². The van der Waals surface area contributed by atoms with Gasteiger partial charge in [-0.25, -0.2) is 19.0 Å². The van der Waals surface area contributed by atoms with E-state index in [-0.39, 0.29) is 0 Å². The number of anilines is 3. The molecule has 0 fully saturated rings. The summed E-state index contributed by atoms with van der Waals surface area (Å²) >= 11 is 3.37. The van der Waals surface area contributed by atoms with E-state index in [1.165, 1.54) is 0 Å². The van der Waals surface area contributed by atoms with Crippen LogP contribution in [-0.4, -0.2) is 29.2 Å². The minimum absolute atomic E-state index is 0.754. The van der Waals surface area contributed by atoms with Crippen LogP contribution in [0.25, 0.3) is 11.0 Å². The van der Waals surface area contributed by atoms with Crippen LogP contribution in [0.1, 0.15) is 11.6 Å². The van der Waals surface area contributed by atoms with Crippen LogP contribution in [-0.2, 0) is 0 Å². The van der Waals surface area contributed by atoms with Crippen molar-refractivity contribution in [3.05, 3.63) is 114 Å². The average molecular weight is 529 g/mol. The zero-order chi connectivity index (χ0) is 24.6. The van der Waals surface area contributed by atoms with Gasteiger partial charge in [0.1, 0.15) is 22.1 Å². The number of rotatable bonds is 2. The van der Waals surface area contributed by atoms with Gasteiger partial charge in [0, 0.05) is 11.4 Å². The third-order valence-corrected chi connectivity index (χ3v) is 5.43. The molecule has 0 atom stereocenters. The Morgan fingerprint density at radius 2 is 1.23 bits per heavy atom. The second kappa shape index (κ2) is 11.3. The molecule has 0 aliphatic rings. The highest BCUT2D eigenvalue weighted by Crippen LogP contribution is 2.18. The summed E-state index contributed by atoms with van der Waals surface area (Å²) in [5.74, 6) is 2.47. The van der Waals surface area contributed by atoms with Gasteiger partial charge in [0.2, 0.25) is 0 Å². The summed E-state index contributed by atoms with van der Waals surface area (Å²) in [6.45, 7) is 3.75. The largest absolute Gasteiger partial charge is 0.399 e. The van der Waals surface area contributed by atoms with Gasteiger partial charge in [-0.1, -0.05) is 36.4 Å². The maximum Gasteiger partial charge on any atom is 0.146 e. The highest BCUT2D eigenvalue weighted by Gasteiger charge is 2.03. The molecule has 0 bridgehead atoms. The fourth-order valence-electron chi connectivity index (χ4n) is 3.15. The summed E-state index contributed by atoms with van der Waals surface area (Å²) in [4.78, 5) is 8.24. The third kappa shape index (κ3) is 6.42. The molecule has 0 saturated heterocycles. The van der Waals surface area contributed by atoms with Crippen molar-refractivity contribution in [2.24, 2.45) is 0 Å². The number of nitrogens with zero attached hydrogens (tertiary/aromatic N) is 6. The first-order valence-corrected chi connectivity index (χ1v) is 11.7. The van der Waals surface area contributed by atoms with Crippen molar-refractivity contribution in [1.29, 1.82) is 0 Å². The van der Waals surface area contributed by atoms with Gasteiger partial charge in [-0.3, -0.25) is 0 Å². The first-order chi connectivity index (χ1) is 17.0. The Bertz CT molecular complexity index is 1510. The zero-order valence-corrected chi connectivity index (χ0v) is 21.0. The number of nitrogens with one attached hydrogen (secondary N) is 1. The SMILES string of the molecule is Cc1ncc2ccc(Br)n2n1.Cc1ncc2ccc(Nc3ccccc3)n2n1.Nc1ccccc1. The van der Waals surface area contributed by atoms with E-state index < -0.39 is 0 Å². The molecule has 35 heavy (non-hydrogen) atoms. The van der Waals surface area contributed by atoms with E-state index in [0.717, 1.165) is 44.5 Å². The molecule has 6 aromatic rings. The Labute approximate surface area is 211 Å². The number of nitrogen functional groups attached to an aromatic ring is 1. The quantitative estimate of drug-likeness (QED) is 0.273. The molecule has 0 unspecified atom stereocenters. The fraction of sp³-hybridized carbons (Fsp3) is 0.0769. The molecule has 0 saturated carbocycles. The van der Waals surface area contributed by atoms with Gasteiger partial charge >= 0.3 is 0 Å². The Hall–Kier alpha value is -4.24. The minimum Gasteiger partial charge on any atom is -0.399 e. The van der Waals surface area contributed by atoms with Crippen molar-refractivity contribution in [1.82, 2.24) is 29.2 Å². The molecule has 4 heterocycles. The van der Waals surface area contributed by atoms with Gasteiger partial charge in [-0.2, -0.15) is 10.2 Å². The van der Waals surface area contributed by atoms with Crippen LogP contribution >= 0.6 is 15.9 Å². The lowest BCUT2D eigenvalue weighted by molar-refractivity contribution is 0.842. The van der Waals surface area contributed by atoms with Crippen LogP contribution in [0.2, 0.25) is 0 Å². The van der Waals surface area contributed by atoms with Crippen molar-refractivity contribution in [2.45, 2.75) is 13.8 Å². The third-order valence-electron chi connectivity index (χ3n) is 4.83. The molecular weight excluding hydrogens is 504 g/mol. The van der Waals surface area contributed by atoms with E-state index in [2.05, 4.69) is 41.4 Å². The van der Waals surface area contributed by atoms with Crippen LogP contribution in [0.4, 0.5) is 17.2 Å². The van der Waals surface area contributed by atoms with Crippen LogP contribution in [0.3, 0.4) is 0 Å². The van der Waals surface area contributed by atoms with E-state index in [1.54, 1.807) is 6.20 Å². The van der Waals surface area contributed by atoms with Gasteiger partial charge in [0.15, 0.2) is 0 Å². The van der Waals surface area contributed by atoms with Crippen molar-refractivity contribution in [3.63, 3.8) is 0 Å². The summed E-state index contributed by atoms with van der Waals surface area (Å²) < 4.78 is 4.62. The number of halogens is 1. The van der Waals surface area contributed by atoms with E-state index in [9.17, 15) is 0 Å². The number of benzene rings is 2. The Morgan fingerprint density at radius 3 is 1.83 bits per heavy atom. The molecular formula is C26H25BrN8. The summed E-state index contributed by atoms with van der Waals surface area (Å²) in [6.07, 6.45) is 3.62. The van der Waals surface area contributed by atoms with E-state index in [1.807, 2.05) is 114 Å². The molecule has 0 amide bonds. The van der Waals surface area contributed by atoms with Gasteiger partial charge in [0.25, 0.3) is 0 Å². The number of aryl methyl sites for hydroxylation is 2. The molecule has 6 rings (SSSR count). The lowest BCUT2D eigenvalue weighted by Gasteiger charge is -2.05. The maximum absolute atomic E-state index is 5.36. The topological polar surface area (TPSA) is 98.4 Å². The molecule has 0 radical (unpaired) electrons. The minimum atomic E-state index is 0.754. The number of nitrogens with two attached hydrogens (primary N) is 1. The molecule has 9 heteroatoms. The summed E-state index contributed by atoms with van der Waals surface area (Å²) in [5, 5.41) is 11.9. The lowest BCUT2D eigenvalue weighted by atomic mass is 10.3. The number of hydrogen-bond donors (Lipinski definition) is 2. The highest BCUT2D eigenvalue weighted by molar-refractivity contribution is 9.10. The van der Waals surface area contributed by atoms with Gasteiger partial charge in [-0.15, -0.1) is 0 Å². The summed E-state index contributed by atoms with van der Waals surface area (Å²) in [7, 11) is 0. The summed E-state index contributed by atoms with van der Waals surface area (Å²) in [5.41, 5.74) is 9.21. The molecule has 0 spiro atoms. The Kier molecular flexibility index (Phi) is 7.69. The smallest absolute Gasteiger partial charge is 0.146 e. The van der Waals surface area contributed by atoms with Gasteiger partial charge < -0.3 is 11.1 Å². The second-order valence-corrected chi connectivity index (χ2v) is 8.37. The lowest BCUT2D eigenvalue weighted by Crippen LogP contribution is -2.01. The maximum atomic E-state index is 5.36. The molecule has 0 aliphatic carbocycles. The summed E-state index contributed by atoms with van der Waals surface area (Å²) in [6, 6.07) is 27.4. The molecule has 8 nitrogen and oxygen atoms in total. The van der Waals surface area contributed by atoms with Crippen LogP contribution in [0.5, 0.6) is 0 Å².